The van der Waals surface area contributed by atoms with Crippen LogP contribution in [0.3, 0.4) is 0 Å². The highest BCUT2D eigenvalue weighted by Gasteiger charge is 2.09. The summed E-state index contributed by atoms with van der Waals surface area (Å²) in [6, 6.07) is 4.92. The second-order valence-corrected chi connectivity index (χ2v) is 5.97. The Balaban J connectivity index is 2.43. The standard InChI is InChI=1S/C15H27N3S/c1-5-16-10-14-6-7-15(17-11-14)12-18(3)13(2)8-9-19-4/h6-7,11,13,16H,5,8-10,12H2,1-4H3. The fourth-order valence-corrected chi connectivity index (χ4v) is 2.42. The van der Waals surface area contributed by atoms with Crippen LogP contribution in [-0.2, 0) is 13.1 Å². The first-order valence-electron chi connectivity index (χ1n) is 7.01. The molecular formula is C15H27N3S. The largest absolute Gasteiger partial charge is 0.313 e. The Hall–Kier alpha value is -0.580. The molecule has 0 radical (unpaired) electrons. The number of pyridine rings is 1. The lowest BCUT2D eigenvalue weighted by atomic mass is 10.2. The van der Waals surface area contributed by atoms with Crippen molar-refractivity contribution in [3.8, 4) is 0 Å². The van der Waals surface area contributed by atoms with Gasteiger partial charge in [0.15, 0.2) is 0 Å². The van der Waals surface area contributed by atoms with Gasteiger partial charge in [-0.3, -0.25) is 9.88 Å². The van der Waals surface area contributed by atoms with Gasteiger partial charge < -0.3 is 5.32 Å². The van der Waals surface area contributed by atoms with E-state index < -0.39 is 0 Å². The first kappa shape index (κ1) is 16.5. The predicted molar refractivity (Wildman–Crippen MR) is 85.5 cm³/mol. The fraction of sp³-hybridized carbons (Fsp3) is 0.667. The number of rotatable bonds is 9. The molecule has 1 N–H and O–H groups in total. The van der Waals surface area contributed by atoms with Crippen molar-refractivity contribution >= 4 is 11.8 Å². The van der Waals surface area contributed by atoms with Crippen LogP contribution in [0.25, 0.3) is 0 Å². The normalized spacial score (nSPS) is 12.9. The molecule has 1 heterocycles. The average Bonchev–Trinajstić information content (AvgIpc) is 2.43. The zero-order valence-electron chi connectivity index (χ0n) is 12.6. The maximum Gasteiger partial charge on any atom is 0.0544 e. The zero-order chi connectivity index (χ0) is 14.1. The van der Waals surface area contributed by atoms with Crippen LogP contribution < -0.4 is 5.32 Å². The molecule has 0 aliphatic heterocycles. The Kier molecular flexibility index (Phi) is 8.10. The van der Waals surface area contributed by atoms with Gasteiger partial charge in [-0.05, 0) is 50.6 Å². The molecule has 3 nitrogen and oxygen atoms in total. The lowest BCUT2D eigenvalue weighted by Crippen LogP contribution is -2.29. The number of hydrogen-bond donors (Lipinski definition) is 1. The molecule has 1 atom stereocenters. The maximum absolute atomic E-state index is 4.55. The van der Waals surface area contributed by atoms with Crippen LogP contribution in [0.2, 0.25) is 0 Å². The smallest absolute Gasteiger partial charge is 0.0544 e. The molecule has 0 saturated heterocycles. The molecule has 0 fully saturated rings. The van der Waals surface area contributed by atoms with Gasteiger partial charge >= 0.3 is 0 Å². The second kappa shape index (κ2) is 9.34. The highest BCUT2D eigenvalue weighted by atomic mass is 32.2. The minimum absolute atomic E-state index is 0.607. The number of hydrogen-bond acceptors (Lipinski definition) is 4. The van der Waals surface area contributed by atoms with Crippen molar-refractivity contribution in [2.24, 2.45) is 0 Å². The van der Waals surface area contributed by atoms with Gasteiger partial charge in [-0.25, -0.2) is 0 Å². The monoisotopic (exact) mass is 281 g/mol. The first-order valence-corrected chi connectivity index (χ1v) is 8.40. The quantitative estimate of drug-likeness (QED) is 0.753. The Morgan fingerprint density at radius 1 is 1.42 bits per heavy atom. The summed E-state index contributed by atoms with van der Waals surface area (Å²) < 4.78 is 0. The number of nitrogens with zero attached hydrogens (tertiary/aromatic N) is 2. The highest BCUT2D eigenvalue weighted by molar-refractivity contribution is 7.98. The Labute approximate surface area is 122 Å². The third kappa shape index (κ3) is 6.41. The lowest BCUT2D eigenvalue weighted by molar-refractivity contribution is 0.242. The first-order chi connectivity index (χ1) is 9.17. The molecule has 0 aliphatic carbocycles. The molecule has 0 amide bonds. The summed E-state index contributed by atoms with van der Waals surface area (Å²) in [4.78, 5) is 6.92. The van der Waals surface area contributed by atoms with Crippen LogP contribution in [0.4, 0.5) is 0 Å². The molecule has 108 valence electrons. The van der Waals surface area contributed by atoms with Crippen molar-refractivity contribution < 1.29 is 0 Å². The molecule has 0 aliphatic rings. The summed E-state index contributed by atoms with van der Waals surface area (Å²) >= 11 is 1.91. The van der Waals surface area contributed by atoms with Crippen molar-refractivity contribution in [1.82, 2.24) is 15.2 Å². The zero-order valence-corrected chi connectivity index (χ0v) is 13.5. The molecular weight excluding hydrogens is 254 g/mol. The molecule has 0 saturated carbocycles. The van der Waals surface area contributed by atoms with Crippen LogP contribution in [-0.4, -0.2) is 41.5 Å². The van der Waals surface area contributed by atoms with E-state index in [1.807, 2.05) is 18.0 Å². The molecule has 1 aromatic heterocycles. The van der Waals surface area contributed by atoms with Gasteiger partial charge in [0.05, 0.1) is 5.69 Å². The summed E-state index contributed by atoms with van der Waals surface area (Å²) in [7, 11) is 2.18. The van der Waals surface area contributed by atoms with Gasteiger partial charge in [0.2, 0.25) is 0 Å². The van der Waals surface area contributed by atoms with Gasteiger partial charge in [-0.15, -0.1) is 0 Å². The van der Waals surface area contributed by atoms with Gasteiger partial charge in [0.25, 0.3) is 0 Å². The summed E-state index contributed by atoms with van der Waals surface area (Å²) in [5.41, 5.74) is 2.41. The Morgan fingerprint density at radius 3 is 2.79 bits per heavy atom. The molecule has 4 heteroatoms. The fourth-order valence-electron chi connectivity index (χ4n) is 1.84. The average molecular weight is 281 g/mol. The van der Waals surface area contributed by atoms with E-state index in [1.165, 1.54) is 17.7 Å². The van der Waals surface area contributed by atoms with Gasteiger partial charge in [-0.2, -0.15) is 11.8 Å². The summed E-state index contributed by atoms with van der Waals surface area (Å²) in [5.74, 6) is 1.22. The van der Waals surface area contributed by atoms with E-state index in [4.69, 9.17) is 0 Å². The van der Waals surface area contributed by atoms with Crippen LogP contribution in [0.1, 0.15) is 31.5 Å². The summed E-state index contributed by atoms with van der Waals surface area (Å²) in [6.45, 7) is 7.24. The lowest BCUT2D eigenvalue weighted by Gasteiger charge is -2.24. The molecule has 0 bridgehead atoms. The predicted octanol–water partition coefficient (Wildman–Crippen LogP) is 2.76. The van der Waals surface area contributed by atoms with Gasteiger partial charge in [-0.1, -0.05) is 13.0 Å². The third-order valence-electron chi connectivity index (χ3n) is 3.37. The minimum atomic E-state index is 0.607. The molecule has 0 spiro atoms. The number of nitrogens with one attached hydrogen (secondary N) is 1. The number of thioether (sulfide) groups is 1. The summed E-state index contributed by atoms with van der Waals surface area (Å²) in [5, 5.41) is 3.31. The molecule has 1 rings (SSSR count). The van der Waals surface area contributed by atoms with Crippen molar-refractivity contribution in [2.75, 3.05) is 25.6 Å². The van der Waals surface area contributed by atoms with E-state index in [-0.39, 0.29) is 0 Å². The van der Waals surface area contributed by atoms with Crippen LogP contribution in [0, 0.1) is 0 Å². The van der Waals surface area contributed by atoms with Crippen LogP contribution >= 0.6 is 11.8 Å². The van der Waals surface area contributed by atoms with Gasteiger partial charge in [0, 0.05) is 25.3 Å². The van der Waals surface area contributed by atoms with Crippen molar-refractivity contribution in [3.63, 3.8) is 0 Å². The second-order valence-electron chi connectivity index (χ2n) is 4.98. The van der Waals surface area contributed by atoms with E-state index in [1.54, 1.807) is 0 Å². The minimum Gasteiger partial charge on any atom is -0.313 e. The van der Waals surface area contributed by atoms with E-state index >= 15 is 0 Å². The SMILES string of the molecule is CCNCc1ccc(CN(C)C(C)CCSC)nc1. The maximum atomic E-state index is 4.55. The third-order valence-corrected chi connectivity index (χ3v) is 4.01. The molecule has 19 heavy (non-hydrogen) atoms. The highest BCUT2D eigenvalue weighted by Crippen LogP contribution is 2.10. The molecule has 0 aromatic carbocycles. The molecule has 1 aromatic rings. The van der Waals surface area contributed by atoms with Crippen LogP contribution in [0.5, 0.6) is 0 Å². The molecule has 1 unspecified atom stereocenters. The van der Waals surface area contributed by atoms with E-state index in [0.717, 1.165) is 25.3 Å². The van der Waals surface area contributed by atoms with E-state index in [9.17, 15) is 0 Å². The Bertz CT molecular complexity index is 340. The van der Waals surface area contributed by atoms with E-state index in [0.29, 0.717) is 6.04 Å². The summed E-state index contributed by atoms with van der Waals surface area (Å²) in [6.07, 6.45) is 5.38. The van der Waals surface area contributed by atoms with Gasteiger partial charge in [0.1, 0.15) is 0 Å². The Morgan fingerprint density at radius 2 is 2.21 bits per heavy atom. The van der Waals surface area contributed by atoms with Crippen molar-refractivity contribution in [2.45, 2.75) is 39.4 Å². The topological polar surface area (TPSA) is 28.2 Å². The van der Waals surface area contributed by atoms with E-state index in [2.05, 4.69) is 54.5 Å². The van der Waals surface area contributed by atoms with Crippen molar-refractivity contribution in [3.05, 3.63) is 29.6 Å². The van der Waals surface area contributed by atoms with Crippen LogP contribution in [0.15, 0.2) is 18.3 Å². The van der Waals surface area contributed by atoms with Crippen molar-refractivity contribution in [1.29, 1.82) is 0 Å². The number of aromatic nitrogens is 1.